The number of hydrogen-bond acceptors (Lipinski definition) is 8. The van der Waals surface area contributed by atoms with Gasteiger partial charge in [0.25, 0.3) is 0 Å². The van der Waals surface area contributed by atoms with E-state index in [0.717, 1.165) is 5.56 Å². The van der Waals surface area contributed by atoms with E-state index in [9.17, 15) is 19.2 Å². The lowest BCUT2D eigenvalue weighted by atomic mass is 9.96. The van der Waals surface area contributed by atoms with Gasteiger partial charge in [0.15, 0.2) is 5.75 Å². The summed E-state index contributed by atoms with van der Waals surface area (Å²) < 4.78 is 22.3. The summed E-state index contributed by atoms with van der Waals surface area (Å²) >= 11 is 0. The van der Waals surface area contributed by atoms with Crippen LogP contribution in [0.25, 0.3) is 32.7 Å². The van der Waals surface area contributed by atoms with Gasteiger partial charge >= 0.3 is 23.9 Å². The van der Waals surface area contributed by atoms with Crippen LogP contribution < -0.4 is 18.9 Å². The van der Waals surface area contributed by atoms with Crippen LogP contribution >= 0.6 is 0 Å². The van der Waals surface area contributed by atoms with Gasteiger partial charge in [-0.2, -0.15) is 0 Å². The molecule has 4 aromatic carbocycles. The average Bonchev–Trinajstić information content (AvgIpc) is 2.96. The maximum absolute atomic E-state index is 12.9. The van der Waals surface area contributed by atoms with Crippen LogP contribution in [-0.4, -0.2) is 23.9 Å². The molecule has 0 N–H and O–H groups in total. The summed E-state index contributed by atoms with van der Waals surface area (Å²) in [6.45, 7) is 20.7. The Morgan fingerprint density at radius 1 is 0.500 bits per heavy atom. The second-order valence-corrected chi connectivity index (χ2v) is 10.4. The summed E-state index contributed by atoms with van der Waals surface area (Å²) in [5, 5.41) is 1.96. The fourth-order valence-electron chi connectivity index (χ4n) is 4.04. The summed E-state index contributed by atoms with van der Waals surface area (Å²) in [4.78, 5) is 49.8. The molecule has 0 saturated heterocycles. The second kappa shape index (κ2) is 12.6. The molecule has 222 valence electrons. The molecule has 44 heavy (non-hydrogen) atoms. The van der Waals surface area contributed by atoms with Crippen LogP contribution in [0.4, 0.5) is 0 Å². The van der Waals surface area contributed by atoms with Gasteiger partial charge in [0.1, 0.15) is 17.2 Å². The first-order valence-electron chi connectivity index (χ1n) is 13.4. The number of rotatable bonds is 9. The Balaban J connectivity index is 1.98. The first-order chi connectivity index (χ1) is 20.7. The van der Waals surface area contributed by atoms with Gasteiger partial charge in [0, 0.05) is 27.7 Å². The Hall–Kier alpha value is -5.76. The molecule has 0 saturated carbocycles. The number of ether oxygens (including phenoxy) is 4. The maximum atomic E-state index is 12.9. The zero-order chi connectivity index (χ0) is 32.3. The van der Waals surface area contributed by atoms with Crippen LogP contribution in [0.1, 0.15) is 27.7 Å². The van der Waals surface area contributed by atoms with Crippen LogP contribution in [0.3, 0.4) is 0 Å². The fourth-order valence-corrected chi connectivity index (χ4v) is 4.04. The molecule has 0 heterocycles. The van der Waals surface area contributed by atoms with Gasteiger partial charge in [-0.05, 0) is 92.1 Å². The van der Waals surface area contributed by atoms with E-state index in [1.807, 2.05) is 12.1 Å². The third-order valence-electron chi connectivity index (χ3n) is 6.34. The molecule has 4 rings (SSSR count). The fraction of sp³-hybridized carbons (Fsp3) is 0.111. The summed E-state index contributed by atoms with van der Waals surface area (Å²) in [6, 6.07) is 16.9. The Morgan fingerprint density at radius 3 is 1.57 bits per heavy atom. The molecule has 0 aliphatic rings. The Kier molecular flexibility index (Phi) is 8.95. The van der Waals surface area contributed by atoms with E-state index in [2.05, 4.69) is 26.3 Å². The Bertz CT molecular complexity index is 1930. The van der Waals surface area contributed by atoms with E-state index in [4.69, 9.17) is 18.9 Å². The van der Waals surface area contributed by atoms with E-state index < -0.39 is 23.9 Å². The Labute approximate surface area is 254 Å². The highest BCUT2D eigenvalue weighted by Crippen LogP contribution is 2.44. The van der Waals surface area contributed by atoms with Crippen molar-refractivity contribution < 1.29 is 38.1 Å². The Morgan fingerprint density at radius 2 is 1.00 bits per heavy atom. The molecule has 8 heteroatoms. The number of fused-ring (bicyclic) bond motifs is 2. The van der Waals surface area contributed by atoms with E-state index in [0.29, 0.717) is 32.9 Å². The topological polar surface area (TPSA) is 105 Å². The highest BCUT2D eigenvalue weighted by molar-refractivity contribution is 6.12. The third kappa shape index (κ3) is 6.82. The van der Waals surface area contributed by atoms with E-state index in [1.165, 1.54) is 20.8 Å². The quantitative estimate of drug-likeness (QED) is 0.0850. The van der Waals surface area contributed by atoms with Crippen LogP contribution in [0.5, 0.6) is 23.0 Å². The van der Waals surface area contributed by atoms with Gasteiger partial charge in [0.05, 0.1) is 5.39 Å². The molecule has 8 nitrogen and oxygen atoms in total. The smallest absolute Gasteiger partial charge is 0.338 e. The van der Waals surface area contributed by atoms with Crippen molar-refractivity contribution in [2.24, 2.45) is 0 Å². The van der Waals surface area contributed by atoms with Crippen molar-refractivity contribution in [1.29, 1.82) is 0 Å². The molecule has 0 fully saturated rings. The monoisotopic (exact) mass is 590 g/mol. The zero-order valence-electron chi connectivity index (χ0n) is 24.9. The molecule has 0 radical (unpaired) electrons. The van der Waals surface area contributed by atoms with Crippen molar-refractivity contribution in [2.75, 3.05) is 0 Å². The SMILES string of the molecule is C=C(C)C(=O)Oc1ccc(-c2cc(OC(=O)C(=C)C)c3c(OC(=O)C(=C)C)c4cc(OC(=O)C(=C)C)ccc4cc3c2)cc1. The molecule has 0 aliphatic heterocycles. The summed E-state index contributed by atoms with van der Waals surface area (Å²) in [5.74, 6) is -1.85. The van der Waals surface area contributed by atoms with E-state index in [1.54, 1.807) is 55.5 Å². The lowest BCUT2D eigenvalue weighted by Crippen LogP contribution is -2.11. The van der Waals surface area contributed by atoms with Crippen molar-refractivity contribution in [3.8, 4) is 34.1 Å². The first-order valence-corrected chi connectivity index (χ1v) is 13.4. The average molecular weight is 591 g/mol. The lowest BCUT2D eigenvalue weighted by Gasteiger charge is -2.17. The lowest BCUT2D eigenvalue weighted by molar-refractivity contribution is -0.131. The molecule has 0 aliphatic carbocycles. The number of carbonyl (C=O) groups excluding carboxylic acids is 4. The van der Waals surface area contributed by atoms with Crippen molar-refractivity contribution in [3.63, 3.8) is 0 Å². The molecule has 0 spiro atoms. The molecular weight excluding hydrogens is 560 g/mol. The van der Waals surface area contributed by atoms with Gasteiger partial charge in [-0.3, -0.25) is 0 Å². The number of carbonyl (C=O) groups is 4. The highest BCUT2D eigenvalue weighted by Gasteiger charge is 2.22. The third-order valence-corrected chi connectivity index (χ3v) is 6.34. The minimum Gasteiger partial charge on any atom is -0.423 e. The number of benzene rings is 4. The molecule has 0 amide bonds. The highest BCUT2D eigenvalue weighted by atomic mass is 16.6. The van der Waals surface area contributed by atoms with E-state index >= 15 is 0 Å². The number of esters is 4. The van der Waals surface area contributed by atoms with Crippen molar-refractivity contribution >= 4 is 45.4 Å². The van der Waals surface area contributed by atoms with Gasteiger partial charge in [0.2, 0.25) is 0 Å². The largest absolute Gasteiger partial charge is 0.423 e. The summed E-state index contributed by atoms with van der Waals surface area (Å²) in [6.07, 6.45) is 0. The molecule has 0 aromatic heterocycles. The number of hydrogen-bond donors (Lipinski definition) is 0. The predicted octanol–water partition coefficient (Wildman–Crippen LogP) is 7.59. The van der Waals surface area contributed by atoms with Crippen LogP contribution in [0.2, 0.25) is 0 Å². The minimum absolute atomic E-state index is 0.0804. The molecule has 0 atom stereocenters. The van der Waals surface area contributed by atoms with Gasteiger partial charge in [-0.25, -0.2) is 19.2 Å². The van der Waals surface area contributed by atoms with Gasteiger partial charge in [-0.15, -0.1) is 0 Å². The first kappa shape index (κ1) is 31.2. The molecular formula is C36H30O8. The van der Waals surface area contributed by atoms with Gasteiger partial charge < -0.3 is 18.9 Å². The van der Waals surface area contributed by atoms with Crippen molar-refractivity contribution in [2.45, 2.75) is 27.7 Å². The predicted molar refractivity (Wildman–Crippen MR) is 169 cm³/mol. The van der Waals surface area contributed by atoms with E-state index in [-0.39, 0.29) is 39.5 Å². The maximum Gasteiger partial charge on any atom is 0.338 e. The van der Waals surface area contributed by atoms with Crippen LogP contribution in [0, 0.1) is 0 Å². The second-order valence-electron chi connectivity index (χ2n) is 10.4. The summed E-state index contributed by atoms with van der Waals surface area (Å²) in [5.41, 5.74) is 2.15. The molecule has 4 aromatic rings. The van der Waals surface area contributed by atoms with Crippen molar-refractivity contribution in [1.82, 2.24) is 0 Å². The molecule has 0 unspecified atom stereocenters. The van der Waals surface area contributed by atoms with Crippen LogP contribution in [0.15, 0.2) is 109 Å². The van der Waals surface area contributed by atoms with Gasteiger partial charge in [-0.1, -0.05) is 44.5 Å². The normalized spacial score (nSPS) is 10.5. The molecule has 0 bridgehead atoms. The summed E-state index contributed by atoms with van der Waals surface area (Å²) in [7, 11) is 0. The standard InChI is InChI=1S/C36H30O8/c1-19(2)33(37)41-27-12-9-23(10-13-27)25-16-26-15-24-11-14-28(42-34(38)20(3)4)18-29(24)32(44-36(40)22(7)8)31(26)30(17-25)43-35(39)21(5)6/h9-18H,1,3,5,7H2,2,4,6,8H3. The van der Waals surface area contributed by atoms with Crippen LogP contribution in [-0.2, 0) is 19.2 Å². The zero-order valence-corrected chi connectivity index (χ0v) is 24.9. The minimum atomic E-state index is -0.704. The van der Waals surface area contributed by atoms with Crippen molar-refractivity contribution in [3.05, 3.63) is 109 Å².